The predicted octanol–water partition coefficient (Wildman–Crippen LogP) is 4.35. The van der Waals surface area contributed by atoms with Crippen LogP contribution in [-0.4, -0.2) is 17.5 Å². The van der Waals surface area contributed by atoms with Gasteiger partial charge in [-0.1, -0.05) is 43.6 Å². The van der Waals surface area contributed by atoms with Crippen LogP contribution in [0.4, 0.5) is 5.82 Å². The van der Waals surface area contributed by atoms with E-state index in [-0.39, 0.29) is 29.4 Å². The van der Waals surface area contributed by atoms with Crippen LogP contribution in [0.3, 0.4) is 0 Å². The van der Waals surface area contributed by atoms with E-state index in [9.17, 15) is 0 Å². The van der Waals surface area contributed by atoms with Gasteiger partial charge in [0, 0.05) is 17.8 Å². The van der Waals surface area contributed by atoms with Gasteiger partial charge < -0.3 is 11.1 Å². The van der Waals surface area contributed by atoms with Crippen molar-refractivity contribution in [1.82, 2.24) is 4.98 Å². The van der Waals surface area contributed by atoms with E-state index >= 15 is 0 Å². The van der Waals surface area contributed by atoms with Crippen LogP contribution in [0.1, 0.15) is 19.4 Å². The minimum Gasteiger partial charge on any atom is -0.370 e. The molecule has 23 heavy (non-hydrogen) atoms. The molecule has 0 unspecified atom stereocenters. The third-order valence-corrected chi connectivity index (χ3v) is 3.41. The maximum absolute atomic E-state index is 6.03. The Balaban J connectivity index is 0.00000264. The summed E-state index contributed by atoms with van der Waals surface area (Å²) in [4.78, 5) is 8.57. The zero-order valence-corrected chi connectivity index (χ0v) is 16.4. The van der Waals surface area contributed by atoms with Crippen molar-refractivity contribution in [1.29, 1.82) is 0 Å². The minimum absolute atomic E-state index is 0. The van der Waals surface area contributed by atoms with Crippen molar-refractivity contribution in [3.05, 3.63) is 59.2 Å². The van der Waals surface area contributed by atoms with Gasteiger partial charge in [-0.2, -0.15) is 0 Å². The fourth-order valence-corrected chi connectivity index (χ4v) is 2.37. The van der Waals surface area contributed by atoms with Crippen LogP contribution in [-0.2, 0) is 6.42 Å². The summed E-state index contributed by atoms with van der Waals surface area (Å²) < 4.78 is 0. The van der Waals surface area contributed by atoms with Crippen LogP contribution in [0.2, 0.25) is 5.02 Å². The molecule has 1 heterocycles. The highest BCUT2D eigenvalue weighted by molar-refractivity contribution is 14.0. The van der Waals surface area contributed by atoms with Crippen molar-refractivity contribution in [2.24, 2.45) is 16.1 Å². The van der Waals surface area contributed by atoms with Gasteiger partial charge in [0.15, 0.2) is 5.96 Å². The molecule has 2 aromatic rings. The molecule has 0 atom stereocenters. The van der Waals surface area contributed by atoms with E-state index in [1.165, 1.54) is 5.56 Å². The first-order chi connectivity index (χ1) is 10.4. The Hall–Kier alpha value is -1.34. The highest BCUT2D eigenvalue weighted by Gasteiger charge is 2.18. The Morgan fingerprint density at radius 1 is 1.26 bits per heavy atom. The van der Waals surface area contributed by atoms with E-state index in [0.717, 1.165) is 11.4 Å². The maximum Gasteiger partial charge on any atom is 0.194 e. The second-order valence-electron chi connectivity index (χ2n) is 6.01. The number of nitrogens with two attached hydrogens (primary N) is 1. The monoisotopic (exact) mass is 444 g/mol. The lowest BCUT2D eigenvalue weighted by Gasteiger charge is -2.22. The van der Waals surface area contributed by atoms with Crippen molar-refractivity contribution in [3.8, 4) is 0 Å². The topological polar surface area (TPSA) is 63.3 Å². The van der Waals surface area contributed by atoms with Crippen LogP contribution in [0.5, 0.6) is 0 Å². The van der Waals surface area contributed by atoms with Crippen LogP contribution < -0.4 is 11.1 Å². The number of hydrogen-bond donors (Lipinski definition) is 2. The number of hydrogen-bond acceptors (Lipinski definition) is 2. The SMILES string of the molecule is CC(C)(CN=C(N)Nc1ccccn1)Cc1cccc(Cl)c1.I. The standard InChI is InChI=1S/C17H21ClN4.HI/c1-17(2,11-13-6-5-7-14(18)10-13)12-21-16(19)22-15-8-3-4-9-20-15;/h3-10H,11-12H2,1-2H3,(H3,19,20,21,22);1H. The zero-order valence-electron chi connectivity index (χ0n) is 13.3. The lowest BCUT2D eigenvalue weighted by molar-refractivity contribution is 0.378. The van der Waals surface area contributed by atoms with E-state index in [2.05, 4.69) is 35.2 Å². The number of aliphatic imine (C=N–C) groups is 1. The van der Waals surface area contributed by atoms with E-state index < -0.39 is 0 Å². The zero-order chi connectivity index (χ0) is 16.0. The molecule has 0 saturated carbocycles. The third kappa shape index (κ3) is 7.18. The van der Waals surface area contributed by atoms with Crippen molar-refractivity contribution in [2.75, 3.05) is 11.9 Å². The summed E-state index contributed by atoms with van der Waals surface area (Å²) in [5.41, 5.74) is 7.09. The molecular formula is C17H22ClIN4. The van der Waals surface area contributed by atoms with Gasteiger partial charge in [0.2, 0.25) is 0 Å². The second-order valence-corrected chi connectivity index (χ2v) is 6.45. The smallest absolute Gasteiger partial charge is 0.194 e. The summed E-state index contributed by atoms with van der Waals surface area (Å²) in [7, 11) is 0. The first-order valence-corrected chi connectivity index (χ1v) is 7.55. The average Bonchev–Trinajstić information content (AvgIpc) is 2.46. The largest absolute Gasteiger partial charge is 0.370 e. The molecule has 0 bridgehead atoms. The van der Waals surface area contributed by atoms with E-state index in [1.807, 2.05) is 36.4 Å². The van der Waals surface area contributed by atoms with Crippen LogP contribution in [0.15, 0.2) is 53.7 Å². The number of rotatable bonds is 5. The molecule has 1 aromatic heterocycles. The van der Waals surface area contributed by atoms with Crippen molar-refractivity contribution in [3.63, 3.8) is 0 Å². The normalized spacial score (nSPS) is 11.7. The Morgan fingerprint density at radius 2 is 2.04 bits per heavy atom. The summed E-state index contributed by atoms with van der Waals surface area (Å²) in [5.74, 6) is 1.06. The summed E-state index contributed by atoms with van der Waals surface area (Å²) in [6.07, 6.45) is 2.59. The predicted molar refractivity (Wildman–Crippen MR) is 109 cm³/mol. The van der Waals surface area contributed by atoms with Crippen molar-refractivity contribution in [2.45, 2.75) is 20.3 Å². The van der Waals surface area contributed by atoms with Gasteiger partial charge in [0.05, 0.1) is 0 Å². The Bertz CT molecular complexity index is 644. The van der Waals surface area contributed by atoms with Gasteiger partial charge in [-0.3, -0.25) is 4.99 Å². The summed E-state index contributed by atoms with van der Waals surface area (Å²) in [6, 6.07) is 13.5. The molecule has 0 aliphatic rings. The number of halogens is 2. The molecular weight excluding hydrogens is 423 g/mol. The number of guanidine groups is 1. The number of anilines is 1. The Morgan fingerprint density at radius 3 is 2.70 bits per heavy atom. The van der Waals surface area contributed by atoms with Crippen LogP contribution >= 0.6 is 35.6 Å². The molecule has 0 spiro atoms. The van der Waals surface area contributed by atoms with Gasteiger partial charge in [0.25, 0.3) is 0 Å². The summed E-state index contributed by atoms with van der Waals surface area (Å²) >= 11 is 6.03. The lowest BCUT2D eigenvalue weighted by atomic mass is 9.86. The Labute approximate surface area is 159 Å². The Kier molecular flexibility index (Phi) is 7.78. The van der Waals surface area contributed by atoms with Crippen molar-refractivity contribution < 1.29 is 0 Å². The van der Waals surface area contributed by atoms with Gasteiger partial charge in [0.1, 0.15) is 5.82 Å². The van der Waals surface area contributed by atoms with Gasteiger partial charge in [-0.25, -0.2) is 4.98 Å². The van der Waals surface area contributed by atoms with Crippen molar-refractivity contribution >= 4 is 47.4 Å². The van der Waals surface area contributed by atoms with Gasteiger partial charge >= 0.3 is 0 Å². The summed E-state index contributed by atoms with van der Waals surface area (Å²) in [6.45, 7) is 4.93. The van der Waals surface area contributed by atoms with E-state index in [4.69, 9.17) is 17.3 Å². The minimum atomic E-state index is -0.0128. The van der Waals surface area contributed by atoms with Gasteiger partial charge in [-0.05, 0) is 41.7 Å². The number of nitrogens with one attached hydrogen (secondary N) is 1. The number of benzene rings is 1. The number of pyridine rings is 1. The molecule has 124 valence electrons. The average molecular weight is 445 g/mol. The number of nitrogens with zero attached hydrogens (tertiary/aromatic N) is 2. The van der Waals surface area contributed by atoms with E-state index in [0.29, 0.717) is 18.3 Å². The molecule has 0 radical (unpaired) electrons. The van der Waals surface area contributed by atoms with Crippen LogP contribution in [0, 0.1) is 5.41 Å². The van der Waals surface area contributed by atoms with E-state index in [1.54, 1.807) is 6.20 Å². The molecule has 6 heteroatoms. The number of aromatic nitrogens is 1. The molecule has 0 aliphatic heterocycles. The highest BCUT2D eigenvalue weighted by Crippen LogP contribution is 2.23. The molecule has 0 saturated heterocycles. The highest BCUT2D eigenvalue weighted by atomic mass is 127. The third-order valence-electron chi connectivity index (χ3n) is 3.17. The quantitative estimate of drug-likeness (QED) is 0.409. The summed E-state index contributed by atoms with van der Waals surface area (Å²) in [5, 5.41) is 3.74. The second kappa shape index (κ2) is 9.08. The first-order valence-electron chi connectivity index (χ1n) is 7.17. The first kappa shape index (κ1) is 19.7. The fraction of sp³-hybridized carbons (Fsp3) is 0.294. The molecule has 3 N–H and O–H groups in total. The molecule has 4 nitrogen and oxygen atoms in total. The maximum atomic E-state index is 6.03. The molecule has 0 fully saturated rings. The fourth-order valence-electron chi connectivity index (χ4n) is 2.16. The molecule has 0 amide bonds. The van der Waals surface area contributed by atoms with Gasteiger partial charge in [-0.15, -0.1) is 24.0 Å². The van der Waals surface area contributed by atoms with Crippen LogP contribution in [0.25, 0.3) is 0 Å². The molecule has 0 aliphatic carbocycles. The lowest BCUT2D eigenvalue weighted by Crippen LogP contribution is -2.27. The molecule has 2 rings (SSSR count). The molecule has 1 aromatic carbocycles.